The Labute approximate surface area is 67.0 Å². The van der Waals surface area contributed by atoms with Crippen LogP contribution in [-0.4, -0.2) is 28.6 Å². The van der Waals surface area contributed by atoms with Gasteiger partial charge in [0.2, 0.25) is 0 Å². The number of carbonyl (C=O) groups is 2. The molecular weight excluding hydrogens is 167 g/mol. The SMILES string of the molecule is O=C1CC(O)C2C1C2(F)C(=O)[O-]. The fourth-order valence-electron chi connectivity index (χ4n) is 2.04. The lowest BCUT2D eigenvalue weighted by atomic mass is 10.1. The quantitative estimate of drug-likeness (QED) is 0.498. The van der Waals surface area contributed by atoms with Crippen molar-refractivity contribution in [1.29, 1.82) is 0 Å². The van der Waals surface area contributed by atoms with E-state index < -0.39 is 35.4 Å². The van der Waals surface area contributed by atoms with Crippen molar-refractivity contribution in [3.8, 4) is 0 Å². The summed E-state index contributed by atoms with van der Waals surface area (Å²) in [5.74, 6) is -4.61. The molecule has 2 rings (SSSR count). The van der Waals surface area contributed by atoms with Crippen LogP contribution in [0.1, 0.15) is 6.42 Å². The maximum atomic E-state index is 13.2. The van der Waals surface area contributed by atoms with Crippen LogP contribution in [0.25, 0.3) is 0 Å². The third-order valence-corrected chi connectivity index (χ3v) is 2.67. The van der Waals surface area contributed by atoms with Crippen LogP contribution in [0.15, 0.2) is 0 Å². The van der Waals surface area contributed by atoms with Gasteiger partial charge in [0.15, 0.2) is 5.67 Å². The Kier molecular flexibility index (Phi) is 1.18. The Hall–Kier alpha value is -0.970. The van der Waals surface area contributed by atoms with Gasteiger partial charge in [-0.3, -0.25) is 4.79 Å². The lowest BCUT2D eigenvalue weighted by Crippen LogP contribution is -2.40. The number of carboxylic acid groups (broad SMARTS) is 1. The molecule has 0 radical (unpaired) electrons. The van der Waals surface area contributed by atoms with Crippen LogP contribution in [-0.2, 0) is 9.59 Å². The zero-order chi connectivity index (χ0) is 9.09. The number of aliphatic hydroxyl groups excluding tert-OH is 1. The van der Waals surface area contributed by atoms with Crippen molar-refractivity contribution in [2.45, 2.75) is 18.2 Å². The van der Waals surface area contributed by atoms with Gasteiger partial charge in [-0.25, -0.2) is 4.39 Å². The van der Waals surface area contributed by atoms with Gasteiger partial charge >= 0.3 is 0 Å². The summed E-state index contributed by atoms with van der Waals surface area (Å²) in [6.07, 6.45) is -1.28. The minimum atomic E-state index is -2.59. The molecule has 0 spiro atoms. The van der Waals surface area contributed by atoms with Gasteiger partial charge in [-0.2, -0.15) is 0 Å². The summed E-state index contributed by atoms with van der Waals surface area (Å²) in [6, 6.07) is 0. The zero-order valence-corrected chi connectivity index (χ0v) is 5.99. The number of hydrogen-bond acceptors (Lipinski definition) is 4. The number of fused-ring (bicyclic) bond motifs is 1. The number of alkyl halides is 1. The molecule has 2 aliphatic carbocycles. The van der Waals surface area contributed by atoms with Gasteiger partial charge in [0.1, 0.15) is 5.78 Å². The monoisotopic (exact) mass is 173 g/mol. The molecule has 4 unspecified atom stereocenters. The zero-order valence-electron chi connectivity index (χ0n) is 5.99. The molecule has 0 amide bonds. The highest BCUT2D eigenvalue weighted by Gasteiger charge is 2.76. The van der Waals surface area contributed by atoms with Crippen LogP contribution in [0.2, 0.25) is 0 Å². The molecule has 0 saturated heterocycles. The Morgan fingerprint density at radius 2 is 2.33 bits per heavy atom. The van der Waals surface area contributed by atoms with E-state index in [4.69, 9.17) is 5.11 Å². The number of carboxylic acids is 1. The highest BCUT2D eigenvalue weighted by atomic mass is 19.1. The van der Waals surface area contributed by atoms with Crippen LogP contribution >= 0.6 is 0 Å². The molecule has 0 aromatic carbocycles. The normalized spacial score (nSPS) is 50.5. The molecule has 0 aromatic heterocycles. The van der Waals surface area contributed by atoms with E-state index >= 15 is 0 Å². The van der Waals surface area contributed by atoms with Crippen molar-refractivity contribution in [3.05, 3.63) is 0 Å². The van der Waals surface area contributed by atoms with Crippen LogP contribution in [0.5, 0.6) is 0 Å². The molecule has 0 bridgehead atoms. The fraction of sp³-hybridized carbons (Fsp3) is 0.714. The summed E-state index contributed by atoms with van der Waals surface area (Å²) in [5, 5.41) is 19.3. The van der Waals surface area contributed by atoms with E-state index in [1.54, 1.807) is 0 Å². The molecule has 0 heterocycles. The summed E-state index contributed by atoms with van der Waals surface area (Å²) in [6.45, 7) is 0. The number of Topliss-reactive ketones (excluding diaryl/α,β-unsaturated/α-hetero) is 1. The Bertz CT molecular complexity index is 277. The minimum absolute atomic E-state index is 0.131. The molecule has 66 valence electrons. The molecule has 2 saturated carbocycles. The van der Waals surface area contributed by atoms with E-state index in [0.29, 0.717) is 0 Å². The first-order chi connectivity index (χ1) is 5.49. The lowest BCUT2D eigenvalue weighted by molar-refractivity contribution is -0.315. The van der Waals surface area contributed by atoms with Crippen molar-refractivity contribution < 1.29 is 24.2 Å². The maximum Gasteiger partial charge on any atom is 0.166 e. The largest absolute Gasteiger partial charge is 0.547 e. The number of rotatable bonds is 1. The first-order valence-corrected chi connectivity index (χ1v) is 3.60. The molecule has 4 nitrogen and oxygen atoms in total. The Balaban J connectivity index is 2.29. The smallest absolute Gasteiger partial charge is 0.166 e. The van der Waals surface area contributed by atoms with Crippen LogP contribution in [0.4, 0.5) is 4.39 Å². The standard InChI is InChI=1S/C7H7FO4/c8-7(6(11)12)4-2(9)1-3(10)5(4)7/h2,4-5,9H,1H2,(H,11,12)/p-1. The van der Waals surface area contributed by atoms with Crippen molar-refractivity contribution in [3.63, 3.8) is 0 Å². The van der Waals surface area contributed by atoms with Crippen molar-refractivity contribution in [2.24, 2.45) is 11.8 Å². The molecule has 2 aliphatic rings. The molecule has 4 atom stereocenters. The van der Waals surface area contributed by atoms with E-state index in [2.05, 4.69) is 0 Å². The van der Waals surface area contributed by atoms with E-state index in [9.17, 15) is 19.1 Å². The van der Waals surface area contributed by atoms with E-state index in [1.807, 2.05) is 0 Å². The van der Waals surface area contributed by atoms with E-state index in [-0.39, 0.29) is 6.42 Å². The second-order valence-electron chi connectivity index (χ2n) is 3.30. The van der Waals surface area contributed by atoms with Crippen LogP contribution < -0.4 is 5.11 Å². The average Bonchev–Trinajstić information content (AvgIpc) is 2.46. The molecule has 12 heavy (non-hydrogen) atoms. The van der Waals surface area contributed by atoms with Crippen molar-refractivity contribution in [1.82, 2.24) is 0 Å². The third kappa shape index (κ3) is 0.605. The summed E-state index contributed by atoms with van der Waals surface area (Å²) in [7, 11) is 0. The summed E-state index contributed by atoms with van der Waals surface area (Å²) in [4.78, 5) is 21.1. The van der Waals surface area contributed by atoms with Gasteiger partial charge in [-0.05, 0) is 0 Å². The molecular formula is C7H6FO4-. The number of aliphatic hydroxyl groups is 1. The molecule has 5 heteroatoms. The van der Waals surface area contributed by atoms with Gasteiger partial charge < -0.3 is 15.0 Å². The predicted octanol–water partition coefficient (Wildman–Crippen LogP) is -1.98. The average molecular weight is 173 g/mol. The molecule has 0 aliphatic heterocycles. The Morgan fingerprint density at radius 3 is 2.58 bits per heavy atom. The first-order valence-electron chi connectivity index (χ1n) is 3.60. The van der Waals surface area contributed by atoms with E-state index in [1.165, 1.54) is 0 Å². The second-order valence-corrected chi connectivity index (χ2v) is 3.30. The number of ketones is 1. The summed E-state index contributed by atoms with van der Waals surface area (Å²) >= 11 is 0. The minimum Gasteiger partial charge on any atom is -0.547 e. The van der Waals surface area contributed by atoms with E-state index in [0.717, 1.165) is 0 Å². The molecule has 2 fully saturated rings. The van der Waals surface area contributed by atoms with Gasteiger partial charge in [-0.1, -0.05) is 0 Å². The number of halogens is 1. The van der Waals surface area contributed by atoms with Crippen LogP contribution in [0, 0.1) is 11.8 Å². The predicted molar refractivity (Wildman–Crippen MR) is 31.5 cm³/mol. The first kappa shape index (κ1) is 7.67. The van der Waals surface area contributed by atoms with Gasteiger partial charge in [0.05, 0.1) is 18.0 Å². The topological polar surface area (TPSA) is 77.4 Å². The summed E-state index contributed by atoms with van der Waals surface area (Å²) < 4.78 is 13.2. The van der Waals surface area contributed by atoms with Gasteiger partial charge in [0, 0.05) is 12.3 Å². The third-order valence-electron chi connectivity index (χ3n) is 2.67. The van der Waals surface area contributed by atoms with Crippen molar-refractivity contribution in [2.75, 3.05) is 0 Å². The highest BCUT2D eigenvalue weighted by molar-refractivity contribution is 5.99. The maximum absolute atomic E-state index is 13.2. The number of carbonyl (C=O) groups excluding carboxylic acids is 2. The fourth-order valence-corrected chi connectivity index (χ4v) is 2.04. The lowest BCUT2D eigenvalue weighted by Gasteiger charge is -2.13. The van der Waals surface area contributed by atoms with Gasteiger partial charge in [0.25, 0.3) is 0 Å². The number of hydrogen-bond donors (Lipinski definition) is 1. The molecule has 1 N–H and O–H groups in total. The summed E-state index contributed by atoms with van der Waals surface area (Å²) in [5.41, 5.74) is -2.59. The van der Waals surface area contributed by atoms with Gasteiger partial charge in [-0.15, -0.1) is 0 Å². The Morgan fingerprint density at radius 1 is 1.75 bits per heavy atom. The molecule has 0 aromatic rings. The van der Waals surface area contributed by atoms with Crippen molar-refractivity contribution >= 4 is 11.8 Å². The number of aliphatic carboxylic acids is 1. The second kappa shape index (κ2) is 1.85. The highest BCUT2D eigenvalue weighted by Crippen LogP contribution is 2.61. The van der Waals surface area contributed by atoms with Crippen LogP contribution in [0.3, 0.4) is 0 Å².